The number of carbonyl (C=O) groups is 1. The lowest BCUT2D eigenvalue weighted by molar-refractivity contribution is -0.128. The standard InChI is InChI=1S/C23H21NO2/c1-2-3-8-23(25)26-22-13-11-21(12-14-22)24-16-15-18-9-10-19-6-4-5-7-20(19)17-18/h4-7,9-14,17,24H,2,15-16H2,1H3. The molecule has 0 spiro atoms. The van der Waals surface area contributed by atoms with Crippen LogP contribution in [0.1, 0.15) is 18.9 Å². The highest BCUT2D eigenvalue weighted by Gasteiger charge is 2.01. The Morgan fingerprint density at radius 3 is 2.54 bits per heavy atom. The van der Waals surface area contributed by atoms with E-state index >= 15 is 0 Å². The molecule has 0 amide bonds. The molecule has 0 unspecified atom stereocenters. The van der Waals surface area contributed by atoms with E-state index in [2.05, 4.69) is 59.6 Å². The molecule has 3 aromatic rings. The highest BCUT2D eigenvalue weighted by atomic mass is 16.5. The summed E-state index contributed by atoms with van der Waals surface area (Å²) in [7, 11) is 0. The van der Waals surface area contributed by atoms with Crippen LogP contribution in [0, 0.1) is 11.8 Å². The van der Waals surface area contributed by atoms with Crippen molar-refractivity contribution in [1.29, 1.82) is 0 Å². The first-order chi connectivity index (χ1) is 12.7. The predicted octanol–water partition coefficient (Wildman–Crippen LogP) is 4.81. The van der Waals surface area contributed by atoms with Crippen LogP contribution in [-0.2, 0) is 11.2 Å². The van der Waals surface area contributed by atoms with Crippen LogP contribution in [0.4, 0.5) is 5.69 Å². The minimum atomic E-state index is -0.524. The lowest BCUT2D eigenvalue weighted by Gasteiger charge is -2.08. The number of nitrogens with one attached hydrogen (secondary N) is 1. The molecule has 0 fully saturated rings. The van der Waals surface area contributed by atoms with Gasteiger partial charge >= 0.3 is 5.97 Å². The fourth-order valence-electron chi connectivity index (χ4n) is 2.68. The van der Waals surface area contributed by atoms with Gasteiger partial charge < -0.3 is 10.1 Å². The Morgan fingerprint density at radius 2 is 1.77 bits per heavy atom. The van der Waals surface area contributed by atoms with E-state index < -0.39 is 5.97 Å². The minimum Gasteiger partial charge on any atom is -0.417 e. The van der Waals surface area contributed by atoms with Gasteiger partial charge in [0.15, 0.2) is 0 Å². The van der Waals surface area contributed by atoms with Crippen molar-refractivity contribution in [2.24, 2.45) is 0 Å². The van der Waals surface area contributed by atoms with E-state index in [1.807, 2.05) is 19.1 Å². The summed E-state index contributed by atoms with van der Waals surface area (Å²) in [5.74, 6) is 5.11. The second-order valence-corrected chi connectivity index (χ2v) is 5.93. The molecule has 0 saturated carbocycles. The zero-order valence-electron chi connectivity index (χ0n) is 14.8. The number of fused-ring (bicyclic) bond motifs is 1. The molecule has 26 heavy (non-hydrogen) atoms. The third-order valence-corrected chi connectivity index (χ3v) is 3.99. The number of esters is 1. The molecule has 0 atom stereocenters. The third-order valence-electron chi connectivity index (χ3n) is 3.99. The van der Waals surface area contributed by atoms with Crippen LogP contribution in [0.15, 0.2) is 66.7 Å². The molecule has 0 aliphatic heterocycles. The predicted molar refractivity (Wildman–Crippen MR) is 106 cm³/mol. The van der Waals surface area contributed by atoms with Gasteiger partial charge in [-0.25, -0.2) is 4.79 Å². The van der Waals surface area contributed by atoms with Gasteiger partial charge in [0.05, 0.1) is 0 Å². The van der Waals surface area contributed by atoms with E-state index in [1.54, 1.807) is 12.1 Å². The Hall–Kier alpha value is -3.25. The maximum atomic E-state index is 11.5. The van der Waals surface area contributed by atoms with Crippen molar-refractivity contribution in [3.63, 3.8) is 0 Å². The second-order valence-electron chi connectivity index (χ2n) is 5.93. The summed E-state index contributed by atoms with van der Waals surface area (Å²) in [6, 6.07) is 22.3. The summed E-state index contributed by atoms with van der Waals surface area (Å²) < 4.78 is 5.15. The van der Waals surface area contributed by atoms with Crippen LogP contribution in [0.5, 0.6) is 5.75 Å². The minimum absolute atomic E-state index is 0.500. The first-order valence-electron chi connectivity index (χ1n) is 8.77. The molecule has 0 bridgehead atoms. The maximum Gasteiger partial charge on any atom is 0.389 e. The quantitative estimate of drug-likeness (QED) is 0.313. The second kappa shape index (κ2) is 8.73. The van der Waals surface area contributed by atoms with Gasteiger partial charge in [0.25, 0.3) is 0 Å². The molecule has 0 aliphatic carbocycles. The van der Waals surface area contributed by atoms with Crippen molar-refractivity contribution in [1.82, 2.24) is 0 Å². The van der Waals surface area contributed by atoms with Crippen LogP contribution in [0.25, 0.3) is 10.8 Å². The van der Waals surface area contributed by atoms with Crippen molar-refractivity contribution < 1.29 is 9.53 Å². The van der Waals surface area contributed by atoms with Gasteiger partial charge in [-0.2, -0.15) is 0 Å². The van der Waals surface area contributed by atoms with E-state index in [0.717, 1.165) is 18.7 Å². The van der Waals surface area contributed by atoms with Gasteiger partial charge in [0, 0.05) is 24.6 Å². The normalized spacial score (nSPS) is 10.0. The largest absolute Gasteiger partial charge is 0.417 e. The zero-order valence-corrected chi connectivity index (χ0v) is 14.8. The lowest BCUT2D eigenvalue weighted by Crippen LogP contribution is -2.06. The Bertz CT molecular complexity index is 949. The van der Waals surface area contributed by atoms with E-state index in [9.17, 15) is 4.79 Å². The van der Waals surface area contributed by atoms with Crippen molar-refractivity contribution in [3.8, 4) is 17.6 Å². The summed E-state index contributed by atoms with van der Waals surface area (Å²) in [5.41, 5.74) is 2.29. The molecular formula is C23H21NO2. The molecule has 130 valence electrons. The zero-order chi connectivity index (χ0) is 18.2. The third kappa shape index (κ3) is 4.87. The van der Waals surface area contributed by atoms with Crippen molar-refractivity contribution in [3.05, 3.63) is 72.3 Å². The highest BCUT2D eigenvalue weighted by molar-refractivity contribution is 5.90. The number of anilines is 1. The number of benzene rings is 3. The molecule has 0 radical (unpaired) electrons. The van der Waals surface area contributed by atoms with E-state index in [1.165, 1.54) is 16.3 Å². The average molecular weight is 343 g/mol. The highest BCUT2D eigenvalue weighted by Crippen LogP contribution is 2.18. The Kier molecular flexibility index (Phi) is 5.90. The van der Waals surface area contributed by atoms with Gasteiger partial charge in [0.2, 0.25) is 0 Å². The fourth-order valence-corrected chi connectivity index (χ4v) is 2.68. The number of rotatable bonds is 5. The summed E-state index contributed by atoms with van der Waals surface area (Å²) in [6.45, 7) is 2.72. The van der Waals surface area contributed by atoms with Crippen molar-refractivity contribution in [2.45, 2.75) is 19.8 Å². The topological polar surface area (TPSA) is 38.3 Å². The number of ether oxygens (including phenoxy) is 1. The Labute approximate surface area is 154 Å². The molecule has 3 aromatic carbocycles. The Morgan fingerprint density at radius 1 is 1.00 bits per heavy atom. The molecule has 3 heteroatoms. The summed E-state index contributed by atoms with van der Waals surface area (Å²) >= 11 is 0. The average Bonchev–Trinajstić information content (AvgIpc) is 2.67. The molecule has 3 nitrogen and oxygen atoms in total. The van der Waals surface area contributed by atoms with Crippen molar-refractivity contribution in [2.75, 3.05) is 11.9 Å². The van der Waals surface area contributed by atoms with Gasteiger partial charge in [-0.3, -0.25) is 0 Å². The lowest BCUT2D eigenvalue weighted by atomic mass is 10.1. The number of hydrogen-bond acceptors (Lipinski definition) is 3. The summed E-state index contributed by atoms with van der Waals surface area (Å²) in [5, 5.41) is 5.92. The van der Waals surface area contributed by atoms with Gasteiger partial charge in [-0.1, -0.05) is 55.3 Å². The molecular weight excluding hydrogens is 322 g/mol. The maximum absolute atomic E-state index is 11.5. The van der Waals surface area contributed by atoms with Crippen LogP contribution >= 0.6 is 0 Å². The monoisotopic (exact) mass is 343 g/mol. The molecule has 0 aliphatic rings. The number of hydrogen-bond donors (Lipinski definition) is 1. The molecule has 1 N–H and O–H groups in total. The van der Waals surface area contributed by atoms with E-state index in [4.69, 9.17) is 4.74 Å². The molecule has 3 rings (SSSR count). The van der Waals surface area contributed by atoms with E-state index in [0.29, 0.717) is 12.2 Å². The first-order valence-corrected chi connectivity index (χ1v) is 8.77. The van der Waals surface area contributed by atoms with Gasteiger partial charge in [0.1, 0.15) is 5.75 Å². The summed E-state index contributed by atoms with van der Waals surface area (Å²) in [4.78, 5) is 11.5. The molecule has 0 aromatic heterocycles. The van der Waals surface area contributed by atoms with Crippen LogP contribution < -0.4 is 10.1 Å². The smallest absolute Gasteiger partial charge is 0.389 e. The van der Waals surface area contributed by atoms with Crippen molar-refractivity contribution >= 4 is 22.4 Å². The van der Waals surface area contributed by atoms with Crippen LogP contribution in [0.2, 0.25) is 0 Å². The first kappa shape index (κ1) is 17.6. The number of carbonyl (C=O) groups excluding carboxylic acids is 1. The van der Waals surface area contributed by atoms with Gasteiger partial charge in [-0.05, 0) is 47.0 Å². The summed E-state index contributed by atoms with van der Waals surface area (Å²) in [6.07, 6.45) is 1.57. The van der Waals surface area contributed by atoms with Gasteiger partial charge in [-0.15, -0.1) is 0 Å². The van der Waals surface area contributed by atoms with Crippen LogP contribution in [-0.4, -0.2) is 12.5 Å². The molecule has 0 saturated heterocycles. The van der Waals surface area contributed by atoms with Crippen LogP contribution in [0.3, 0.4) is 0 Å². The SMILES string of the molecule is CCC#CC(=O)Oc1ccc(NCCc2ccc3ccccc3c2)cc1. The molecule has 0 heterocycles. The fraction of sp³-hybridized carbons (Fsp3) is 0.174. The van der Waals surface area contributed by atoms with E-state index in [-0.39, 0.29) is 0 Å². The Balaban J connectivity index is 1.52.